The van der Waals surface area contributed by atoms with E-state index in [9.17, 15) is 19.5 Å². The number of ether oxygens (including phenoxy) is 1. The number of esters is 1. The minimum Gasteiger partial charge on any atom is -0.462 e. The number of hydrogen-bond acceptors (Lipinski definition) is 6. The van der Waals surface area contributed by atoms with Gasteiger partial charge in [-0.15, -0.1) is 11.3 Å². The first-order valence-electron chi connectivity index (χ1n) is 9.87. The van der Waals surface area contributed by atoms with E-state index in [0.29, 0.717) is 27.2 Å². The normalized spacial score (nSPS) is 15.2. The first-order chi connectivity index (χ1) is 13.5. The Balaban J connectivity index is 2.11. The van der Waals surface area contributed by atoms with Crippen LogP contribution in [0.3, 0.4) is 0 Å². The second kappa shape index (κ2) is 9.02. The molecule has 0 saturated carbocycles. The lowest BCUT2D eigenvalue weighted by molar-refractivity contribution is -0.905. The summed E-state index contributed by atoms with van der Waals surface area (Å²) in [5.41, 5.74) is -0.353. The van der Waals surface area contributed by atoms with E-state index in [-0.39, 0.29) is 19.8 Å². The van der Waals surface area contributed by atoms with Crippen LogP contribution in [0.25, 0.3) is 10.2 Å². The second-order valence-electron chi connectivity index (χ2n) is 7.13. The van der Waals surface area contributed by atoms with E-state index in [1.165, 1.54) is 24.2 Å². The fourth-order valence-electron chi connectivity index (χ4n) is 3.85. The maximum absolute atomic E-state index is 13.0. The largest absolute Gasteiger partial charge is 0.462 e. The number of fused-ring (bicyclic) bond motifs is 1. The number of likely N-dealkylation sites (tertiary alicyclic amines) is 1. The predicted octanol–water partition coefficient (Wildman–Crippen LogP) is -0.229. The molecule has 0 radical (unpaired) electrons. The summed E-state index contributed by atoms with van der Waals surface area (Å²) in [6.45, 7) is 6.76. The topological polar surface area (TPSA) is 95.0 Å². The van der Waals surface area contributed by atoms with Crippen molar-refractivity contribution in [3.8, 4) is 0 Å². The number of carbonyl (C=O) groups excluding carboxylic acids is 1. The Kier molecular flexibility index (Phi) is 6.69. The molecule has 2 aromatic heterocycles. The molecule has 0 spiro atoms. The van der Waals surface area contributed by atoms with E-state index in [4.69, 9.17) is 4.74 Å². The smallest absolute Gasteiger partial charge is 0.348 e. The van der Waals surface area contributed by atoms with Crippen LogP contribution in [-0.4, -0.2) is 53.1 Å². The number of aliphatic hydroxyl groups excluding tert-OH is 1. The van der Waals surface area contributed by atoms with Crippen molar-refractivity contribution in [1.82, 2.24) is 9.13 Å². The molecule has 154 valence electrons. The first kappa shape index (κ1) is 20.8. The van der Waals surface area contributed by atoms with E-state index in [1.807, 2.05) is 0 Å². The average Bonchev–Trinajstić information content (AvgIpc) is 3.03. The summed E-state index contributed by atoms with van der Waals surface area (Å²) in [5, 5.41) is 9.68. The van der Waals surface area contributed by atoms with Gasteiger partial charge < -0.3 is 14.7 Å². The number of piperidine rings is 1. The van der Waals surface area contributed by atoms with Crippen LogP contribution >= 0.6 is 11.3 Å². The summed E-state index contributed by atoms with van der Waals surface area (Å²) >= 11 is 1.14. The molecule has 0 atom stereocenters. The van der Waals surface area contributed by atoms with Gasteiger partial charge >= 0.3 is 11.7 Å². The highest BCUT2D eigenvalue weighted by Gasteiger charge is 2.24. The lowest BCUT2D eigenvalue weighted by atomic mass is 10.1. The standard InChI is InChI=1S/C19H27N3O5S/c1-3-27-18(25)15-13(2)14-16(24)21(11-12-23)19(26)22(17(14)28-15)10-9-20-7-5-4-6-8-20/h23H,3-12H2,1-2H3/p+1. The number of quaternary nitrogens is 1. The first-order valence-corrected chi connectivity index (χ1v) is 10.7. The third-order valence-corrected chi connectivity index (χ3v) is 6.62. The van der Waals surface area contributed by atoms with Crippen LogP contribution in [0, 0.1) is 6.92 Å². The zero-order valence-corrected chi connectivity index (χ0v) is 17.3. The molecule has 0 aliphatic carbocycles. The van der Waals surface area contributed by atoms with E-state index >= 15 is 0 Å². The summed E-state index contributed by atoms with van der Waals surface area (Å²) in [5.74, 6) is -0.477. The van der Waals surface area contributed by atoms with Crippen molar-refractivity contribution in [1.29, 1.82) is 0 Å². The van der Waals surface area contributed by atoms with Gasteiger partial charge in [0.25, 0.3) is 5.56 Å². The average molecular weight is 411 g/mol. The summed E-state index contributed by atoms with van der Waals surface area (Å²) in [6.07, 6.45) is 3.63. The minimum atomic E-state index is -0.477. The number of aryl methyl sites for hydroxylation is 1. The summed E-state index contributed by atoms with van der Waals surface area (Å²) in [6, 6.07) is 0. The number of carbonyl (C=O) groups is 1. The van der Waals surface area contributed by atoms with Crippen LogP contribution in [-0.2, 0) is 17.8 Å². The van der Waals surface area contributed by atoms with E-state index in [0.717, 1.165) is 35.5 Å². The number of aliphatic hydroxyl groups is 1. The Morgan fingerprint density at radius 3 is 2.54 bits per heavy atom. The fourth-order valence-corrected chi connectivity index (χ4v) is 5.06. The molecule has 1 fully saturated rings. The SMILES string of the molecule is CCOC(=O)c1sc2c(c1C)c(=O)n(CCO)c(=O)n2CC[NH+]1CCCCC1. The second-order valence-corrected chi connectivity index (χ2v) is 8.13. The van der Waals surface area contributed by atoms with Crippen molar-refractivity contribution in [3.05, 3.63) is 31.3 Å². The van der Waals surface area contributed by atoms with Crippen LogP contribution in [0.2, 0.25) is 0 Å². The number of aromatic nitrogens is 2. The van der Waals surface area contributed by atoms with Crippen molar-refractivity contribution < 1.29 is 19.5 Å². The van der Waals surface area contributed by atoms with Crippen molar-refractivity contribution in [2.24, 2.45) is 0 Å². The van der Waals surface area contributed by atoms with Crippen LogP contribution in [0.15, 0.2) is 9.59 Å². The van der Waals surface area contributed by atoms with Gasteiger partial charge in [0.1, 0.15) is 9.71 Å². The van der Waals surface area contributed by atoms with Crippen molar-refractivity contribution >= 4 is 27.5 Å². The zero-order chi connectivity index (χ0) is 20.3. The highest BCUT2D eigenvalue weighted by molar-refractivity contribution is 7.20. The zero-order valence-electron chi connectivity index (χ0n) is 16.5. The molecule has 8 nitrogen and oxygen atoms in total. The number of rotatable bonds is 7. The van der Waals surface area contributed by atoms with Gasteiger partial charge in [-0.1, -0.05) is 0 Å². The number of nitrogens with zero attached hydrogens (tertiary/aromatic N) is 2. The van der Waals surface area contributed by atoms with Crippen molar-refractivity contribution in [3.63, 3.8) is 0 Å². The minimum absolute atomic E-state index is 0.0613. The Hall–Kier alpha value is -1.97. The van der Waals surface area contributed by atoms with Gasteiger partial charge in [-0.2, -0.15) is 0 Å². The highest BCUT2D eigenvalue weighted by Crippen LogP contribution is 2.28. The van der Waals surface area contributed by atoms with Gasteiger partial charge in [0.05, 0.1) is 51.3 Å². The Labute approximate surface area is 167 Å². The van der Waals surface area contributed by atoms with Gasteiger partial charge in [-0.3, -0.25) is 13.9 Å². The molecule has 1 saturated heterocycles. The van der Waals surface area contributed by atoms with Gasteiger partial charge in [0, 0.05) is 0 Å². The maximum atomic E-state index is 13.0. The highest BCUT2D eigenvalue weighted by atomic mass is 32.1. The van der Waals surface area contributed by atoms with Gasteiger partial charge in [0.15, 0.2) is 0 Å². The molecule has 3 rings (SSSR count). The molecule has 28 heavy (non-hydrogen) atoms. The van der Waals surface area contributed by atoms with Crippen LogP contribution in [0.1, 0.15) is 41.4 Å². The summed E-state index contributed by atoms with van der Waals surface area (Å²) in [4.78, 5) is 40.5. The monoisotopic (exact) mass is 410 g/mol. The van der Waals surface area contributed by atoms with Gasteiger partial charge in [-0.05, 0) is 38.7 Å². The van der Waals surface area contributed by atoms with Crippen molar-refractivity contribution in [2.45, 2.75) is 46.2 Å². The predicted molar refractivity (Wildman–Crippen MR) is 108 cm³/mol. The number of hydrogen-bond donors (Lipinski definition) is 2. The molecule has 1 aliphatic heterocycles. The molecule has 0 bridgehead atoms. The molecule has 1 aliphatic rings. The molecule has 0 aromatic carbocycles. The van der Waals surface area contributed by atoms with Crippen LogP contribution in [0.4, 0.5) is 0 Å². The lowest BCUT2D eigenvalue weighted by Crippen LogP contribution is -3.13. The molecular weight excluding hydrogens is 382 g/mol. The fraction of sp³-hybridized carbons (Fsp3) is 0.632. The van der Waals surface area contributed by atoms with Crippen molar-refractivity contribution in [2.75, 3.05) is 32.8 Å². The molecule has 9 heteroatoms. The number of nitrogens with one attached hydrogen (secondary N) is 1. The van der Waals surface area contributed by atoms with Crippen LogP contribution in [0.5, 0.6) is 0 Å². The third kappa shape index (κ3) is 3.92. The van der Waals surface area contributed by atoms with E-state index in [2.05, 4.69) is 0 Å². The number of thiophene rings is 1. The molecule has 2 N–H and O–H groups in total. The molecule has 2 aromatic rings. The summed E-state index contributed by atoms with van der Waals surface area (Å²) < 4.78 is 7.78. The Morgan fingerprint density at radius 2 is 1.89 bits per heavy atom. The van der Waals surface area contributed by atoms with Gasteiger partial charge in [0.2, 0.25) is 0 Å². The molecule has 3 heterocycles. The maximum Gasteiger partial charge on any atom is 0.348 e. The Morgan fingerprint density at radius 1 is 1.18 bits per heavy atom. The van der Waals surface area contributed by atoms with Gasteiger partial charge in [-0.25, -0.2) is 9.59 Å². The molecular formula is C19H28N3O5S+. The lowest BCUT2D eigenvalue weighted by Gasteiger charge is -2.24. The Bertz CT molecular complexity index is 969. The third-order valence-electron chi connectivity index (χ3n) is 5.33. The van der Waals surface area contributed by atoms with Crippen LogP contribution < -0.4 is 16.1 Å². The molecule has 0 unspecified atom stereocenters. The quantitative estimate of drug-likeness (QED) is 0.615. The summed E-state index contributed by atoms with van der Waals surface area (Å²) in [7, 11) is 0. The van der Waals surface area contributed by atoms with E-state index < -0.39 is 17.2 Å². The molecule has 0 amide bonds. The van der Waals surface area contributed by atoms with E-state index in [1.54, 1.807) is 18.4 Å².